The van der Waals surface area contributed by atoms with Crippen LogP contribution in [-0.2, 0) is 22.3 Å². The topological polar surface area (TPSA) is 56.0 Å². The monoisotopic (exact) mass is 407 g/mol. The Morgan fingerprint density at radius 1 is 1.03 bits per heavy atom. The maximum absolute atomic E-state index is 13.2. The van der Waals surface area contributed by atoms with Gasteiger partial charge in [-0.15, -0.1) is 0 Å². The van der Waals surface area contributed by atoms with E-state index in [0.29, 0.717) is 12.2 Å². The van der Waals surface area contributed by atoms with Gasteiger partial charge in [0.05, 0.1) is 5.56 Å². The predicted octanol–water partition coefficient (Wildman–Crippen LogP) is 2.98. The molecule has 0 spiro atoms. The number of fused-ring (bicyclic) bond motifs is 1. The summed E-state index contributed by atoms with van der Waals surface area (Å²) >= 11 is 0. The van der Waals surface area contributed by atoms with Gasteiger partial charge >= 0.3 is 18.0 Å². The van der Waals surface area contributed by atoms with Crippen LogP contribution in [0, 0.1) is 5.82 Å². The van der Waals surface area contributed by atoms with E-state index in [1.54, 1.807) is 4.90 Å². The number of rotatable bonds is 3. The molecule has 0 aromatic heterocycles. The molecule has 6 nitrogen and oxygen atoms in total. The van der Waals surface area contributed by atoms with Crippen LogP contribution in [0.3, 0.4) is 0 Å². The summed E-state index contributed by atoms with van der Waals surface area (Å²) in [6, 6.07) is 10.1. The molecule has 0 radical (unpaired) electrons. The second-order valence-electron chi connectivity index (χ2n) is 6.69. The molecular weight excluding hydrogens is 392 g/mol. The third kappa shape index (κ3) is 3.57. The van der Waals surface area contributed by atoms with Crippen molar-refractivity contribution in [3.05, 3.63) is 65.5 Å². The van der Waals surface area contributed by atoms with Crippen LogP contribution in [0.25, 0.3) is 0 Å². The quantitative estimate of drug-likeness (QED) is 0.447. The Morgan fingerprint density at radius 3 is 2.41 bits per heavy atom. The minimum absolute atomic E-state index is 0.199. The molecule has 0 N–H and O–H groups in total. The van der Waals surface area contributed by atoms with Crippen molar-refractivity contribution in [2.24, 2.45) is 5.11 Å². The maximum atomic E-state index is 13.2. The fourth-order valence-corrected chi connectivity index (χ4v) is 3.38. The van der Waals surface area contributed by atoms with Gasteiger partial charge in [0, 0.05) is 29.5 Å². The predicted molar refractivity (Wildman–Crippen MR) is 92.1 cm³/mol. The molecule has 4 rings (SSSR count). The largest absolute Gasteiger partial charge is 0.502 e. The fourth-order valence-electron chi connectivity index (χ4n) is 3.38. The van der Waals surface area contributed by atoms with Gasteiger partial charge in [0.15, 0.2) is 0 Å². The van der Waals surface area contributed by atoms with Gasteiger partial charge in [-0.05, 0) is 41.1 Å². The highest BCUT2D eigenvalue weighted by Crippen LogP contribution is 2.30. The van der Waals surface area contributed by atoms with E-state index in [1.165, 1.54) is 41.3 Å². The highest BCUT2D eigenvalue weighted by molar-refractivity contribution is 6.31. The number of azo groups is 2. The van der Waals surface area contributed by atoms with E-state index in [1.807, 2.05) is 0 Å². The van der Waals surface area contributed by atoms with Gasteiger partial charge in [0.1, 0.15) is 5.82 Å². The number of hydrogen-bond donors (Lipinski definition) is 0. The van der Waals surface area contributed by atoms with Crippen molar-refractivity contribution in [2.75, 3.05) is 18.0 Å². The molecule has 2 aliphatic heterocycles. The second kappa shape index (κ2) is 6.94. The highest BCUT2D eigenvalue weighted by Gasteiger charge is 2.49. The number of hydrogen-bond acceptors (Lipinski definition) is 4. The summed E-state index contributed by atoms with van der Waals surface area (Å²) < 4.78 is 52.9. The van der Waals surface area contributed by atoms with Crippen molar-refractivity contribution in [1.82, 2.24) is 4.90 Å². The fraction of sp³-hybridized carbons (Fsp3) is 0.263. The molecule has 2 aromatic carbocycles. The summed E-state index contributed by atoms with van der Waals surface area (Å²) in [5.41, 5.74) is -0.0328. The SMILES string of the molecule is O=C1C(=O)[N+](Cc2cccc(C(F)(F)F)c2)=NC2N1CCN2c1ccc(F)cc1. The normalized spacial score (nSPS) is 19.4. The van der Waals surface area contributed by atoms with Crippen molar-refractivity contribution in [1.29, 1.82) is 0 Å². The molecular formula is C19H15F4N4O2+. The Morgan fingerprint density at radius 2 is 1.72 bits per heavy atom. The van der Waals surface area contributed by atoms with Crippen LogP contribution in [-0.4, -0.2) is 40.8 Å². The van der Waals surface area contributed by atoms with Crippen molar-refractivity contribution in [3.63, 3.8) is 0 Å². The first kappa shape index (κ1) is 19.0. The Bertz CT molecular complexity index is 1000. The molecule has 0 bridgehead atoms. The average Bonchev–Trinajstić information content (AvgIpc) is 3.10. The van der Waals surface area contributed by atoms with Crippen LogP contribution < -0.4 is 4.90 Å². The molecule has 2 aromatic rings. The molecule has 2 amide bonds. The lowest BCUT2D eigenvalue weighted by molar-refractivity contribution is -0.534. The van der Waals surface area contributed by atoms with Crippen LogP contribution in [0.1, 0.15) is 11.1 Å². The summed E-state index contributed by atoms with van der Waals surface area (Å²) in [5, 5.41) is 4.28. The van der Waals surface area contributed by atoms with E-state index in [9.17, 15) is 27.2 Å². The minimum Gasteiger partial charge on any atom is -0.326 e. The molecule has 29 heavy (non-hydrogen) atoms. The number of amides is 2. The number of nitrogens with zero attached hydrogens (tertiary/aromatic N) is 4. The summed E-state index contributed by atoms with van der Waals surface area (Å²) in [6.45, 7) is 0.375. The van der Waals surface area contributed by atoms with Gasteiger partial charge < -0.3 is 4.90 Å². The lowest BCUT2D eigenvalue weighted by atomic mass is 10.1. The van der Waals surface area contributed by atoms with Crippen LogP contribution in [0.4, 0.5) is 23.2 Å². The molecule has 1 saturated heterocycles. The Kier molecular flexibility index (Phi) is 4.56. The van der Waals surface area contributed by atoms with Crippen LogP contribution in [0.2, 0.25) is 0 Å². The van der Waals surface area contributed by atoms with E-state index in [4.69, 9.17) is 0 Å². The van der Waals surface area contributed by atoms with Gasteiger partial charge in [-0.2, -0.15) is 13.2 Å². The van der Waals surface area contributed by atoms with E-state index >= 15 is 0 Å². The van der Waals surface area contributed by atoms with Gasteiger partial charge in [-0.25, -0.2) is 9.18 Å². The molecule has 10 heteroatoms. The van der Waals surface area contributed by atoms with Crippen molar-refractivity contribution in [2.45, 2.75) is 19.0 Å². The van der Waals surface area contributed by atoms with Gasteiger partial charge in [-0.1, -0.05) is 12.1 Å². The maximum Gasteiger partial charge on any atom is 0.502 e. The van der Waals surface area contributed by atoms with Gasteiger partial charge in [0.2, 0.25) is 6.54 Å². The molecule has 1 fully saturated rings. The van der Waals surface area contributed by atoms with Crippen molar-refractivity contribution in [3.8, 4) is 0 Å². The van der Waals surface area contributed by atoms with Crippen LogP contribution >= 0.6 is 0 Å². The zero-order valence-electron chi connectivity index (χ0n) is 14.9. The first-order chi connectivity index (χ1) is 13.7. The molecule has 0 saturated carbocycles. The number of carbonyl (C=O) groups is 2. The molecule has 150 valence electrons. The first-order valence-electron chi connectivity index (χ1n) is 8.75. The molecule has 2 aliphatic rings. The number of anilines is 1. The molecule has 0 aliphatic carbocycles. The first-order valence-corrected chi connectivity index (χ1v) is 8.75. The smallest absolute Gasteiger partial charge is 0.326 e. The number of benzene rings is 2. The van der Waals surface area contributed by atoms with Gasteiger partial charge in [-0.3, -0.25) is 9.69 Å². The molecule has 1 unspecified atom stereocenters. The standard InChI is InChI=1S/C19H15F4N4O2/c20-14-4-6-15(7-5-14)25-8-9-26-16(28)17(29)27(24-18(25)26)11-12-2-1-3-13(10-12)19(21,22)23/h1-7,10,18H,8-9,11H2/q+1. The lowest BCUT2D eigenvalue weighted by Crippen LogP contribution is -2.51. The highest BCUT2D eigenvalue weighted by atomic mass is 19.4. The summed E-state index contributed by atoms with van der Waals surface area (Å²) in [4.78, 5) is 27.9. The van der Waals surface area contributed by atoms with E-state index < -0.39 is 35.7 Å². The summed E-state index contributed by atoms with van der Waals surface area (Å²) in [5.74, 6) is -2.09. The second-order valence-corrected chi connectivity index (χ2v) is 6.69. The van der Waals surface area contributed by atoms with E-state index in [0.717, 1.165) is 16.8 Å². The summed E-state index contributed by atoms with van der Waals surface area (Å²) in [7, 11) is 0. The zero-order chi connectivity index (χ0) is 20.8. The van der Waals surface area contributed by atoms with Crippen molar-refractivity contribution >= 4 is 17.5 Å². The average molecular weight is 407 g/mol. The van der Waals surface area contributed by atoms with Crippen LogP contribution in [0.15, 0.2) is 53.6 Å². The Balaban J connectivity index is 1.65. The summed E-state index contributed by atoms with van der Waals surface area (Å²) in [6.07, 6.45) is -5.34. The zero-order valence-corrected chi connectivity index (χ0v) is 14.9. The minimum atomic E-state index is -4.52. The van der Waals surface area contributed by atoms with E-state index in [2.05, 4.69) is 5.11 Å². The number of halogens is 4. The Hall–Kier alpha value is -3.30. The molecule has 2 heterocycles. The van der Waals surface area contributed by atoms with Crippen molar-refractivity contribution < 1.29 is 31.8 Å². The number of alkyl halides is 3. The third-order valence-corrected chi connectivity index (χ3v) is 4.81. The third-order valence-electron chi connectivity index (χ3n) is 4.81. The molecule has 1 atom stereocenters. The van der Waals surface area contributed by atoms with E-state index in [-0.39, 0.29) is 18.7 Å². The number of carbonyl (C=O) groups excluding carboxylic acids is 2. The van der Waals surface area contributed by atoms with Crippen LogP contribution in [0.5, 0.6) is 0 Å². The lowest BCUT2D eigenvalue weighted by Gasteiger charge is -2.27. The van der Waals surface area contributed by atoms with Gasteiger partial charge in [0.25, 0.3) is 6.29 Å². The Labute approximate surface area is 162 Å².